The Labute approximate surface area is 230 Å². The number of halogens is 2. The summed E-state index contributed by atoms with van der Waals surface area (Å²) < 4.78 is 6.65. The third kappa shape index (κ3) is 4.55. The molecule has 1 aliphatic rings. The number of hydrogen-bond acceptors (Lipinski definition) is 10. The van der Waals surface area contributed by atoms with Gasteiger partial charge in [0.1, 0.15) is 18.3 Å². The van der Waals surface area contributed by atoms with Crippen LogP contribution in [-0.4, -0.2) is 72.6 Å². The number of benzene rings is 1. The van der Waals surface area contributed by atoms with E-state index in [0.29, 0.717) is 17.0 Å². The lowest BCUT2D eigenvalue weighted by atomic mass is 9.57. The first-order valence-electron chi connectivity index (χ1n) is 11.1. The molecule has 0 saturated carbocycles. The highest BCUT2D eigenvalue weighted by molar-refractivity contribution is 9.11. The Morgan fingerprint density at radius 2 is 1.59 bits per heavy atom. The van der Waals surface area contributed by atoms with E-state index < -0.39 is 58.2 Å². The molecule has 6 atom stereocenters. The molecular formula is C25H26BrClO9S. The van der Waals surface area contributed by atoms with Gasteiger partial charge in [0.25, 0.3) is 0 Å². The fraction of sp³-hybridized carbons (Fsp3) is 0.440. The van der Waals surface area contributed by atoms with Crippen molar-refractivity contribution in [1.82, 2.24) is 0 Å². The van der Waals surface area contributed by atoms with Crippen LogP contribution in [0.25, 0.3) is 0 Å². The van der Waals surface area contributed by atoms with Crippen molar-refractivity contribution in [3.05, 3.63) is 55.1 Å². The number of thiophene rings is 1. The number of ether oxygens (including phenoxy) is 1. The second-order valence-electron chi connectivity index (χ2n) is 9.14. The minimum Gasteiger partial charge on any atom is -0.382 e. The van der Waals surface area contributed by atoms with Crippen molar-refractivity contribution in [3.63, 3.8) is 0 Å². The lowest BCUT2D eigenvalue weighted by molar-refractivity contribution is -0.329. The van der Waals surface area contributed by atoms with Crippen LogP contribution in [0.15, 0.2) is 34.1 Å². The smallest absolute Gasteiger partial charge is 0.200 e. The number of hydrogen-bond donors (Lipinski definition) is 4. The van der Waals surface area contributed by atoms with E-state index in [1.807, 2.05) is 12.1 Å². The van der Waals surface area contributed by atoms with E-state index in [4.69, 9.17) is 16.3 Å². The van der Waals surface area contributed by atoms with Gasteiger partial charge in [-0.1, -0.05) is 23.7 Å². The van der Waals surface area contributed by atoms with Crippen molar-refractivity contribution in [1.29, 1.82) is 0 Å². The molecule has 200 valence electrons. The normalized spacial score (nSPS) is 30.5. The first-order valence-corrected chi connectivity index (χ1v) is 13.1. The second kappa shape index (κ2) is 10.4. The molecule has 4 N–H and O–H groups in total. The summed E-state index contributed by atoms with van der Waals surface area (Å²) in [4.78, 5) is 51.6. The summed E-state index contributed by atoms with van der Waals surface area (Å²) in [6.45, 7) is 3.34. The largest absolute Gasteiger partial charge is 0.382 e. The lowest BCUT2D eigenvalue weighted by Gasteiger charge is -2.58. The molecule has 12 heteroatoms. The molecule has 0 amide bonds. The summed E-state index contributed by atoms with van der Waals surface area (Å²) in [5, 5.41) is 45.9. The predicted octanol–water partition coefficient (Wildman–Crippen LogP) is 2.10. The summed E-state index contributed by atoms with van der Waals surface area (Å²) in [7, 11) is 0. The van der Waals surface area contributed by atoms with Gasteiger partial charge in [-0.2, -0.15) is 0 Å². The minimum absolute atomic E-state index is 0.0405. The molecule has 0 spiro atoms. The topological polar surface area (TPSA) is 158 Å². The van der Waals surface area contributed by atoms with Crippen LogP contribution in [0.1, 0.15) is 49.8 Å². The van der Waals surface area contributed by atoms with Gasteiger partial charge in [-0.15, -0.1) is 11.3 Å². The van der Waals surface area contributed by atoms with Crippen LogP contribution >= 0.6 is 38.9 Å². The maximum Gasteiger partial charge on any atom is 0.200 e. The number of ketones is 4. The zero-order valence-electron chi connectivity index (χ0n) is 20.3. The molecule has 0 bridgehead atoms. The van der Waals surface area contributed by atoms with Gasteiger partial charge in [-0.3, -0.25) is 19.2 Å². The van der Waals surface area contributed by atoms with Crippen LogP contribution in [0.2, 0.25) is 5.02 Å². The van der Waals surface area contributed by atoms with Gasteiger partial charge in [0.15, 0.2) is 39.9 Å². The van der Waals surface area contributed by atoms with Crippen LogP contribution in [0.3, 0.4) is 0 Å². The number of Topliss-reactive ketones (excluding diaryl/α,β-unsaturated/α-hetero) is 4. The Balaban J connectivity index is 2.30. The Morgan fingerprint density at radius 1 is 1.00 bits per heavy atom. The van der Waals surface area contributed by atoms with E-state index in [2.05, 4.69) is 15.9 Å². The van der Waals surface area contributed by atoms with Crippen LogP contribution in [0.5, 0.6) is 0 Å². The van der Waals surface area contributed by atoms with Gasteiger partial charge in [0.2, 0.25) is 0 Å². The van der Waals surface area contributed by atoms with Crippen LogP contribution in [0.4, 0.5) is 0 Å². The van der Waals surface area contributed by atoms with Gasteiger partial charge < -0.3 is 25.2 Å². The lowest BCUT2D eigenvalue weighted by Crippen LogP contribution is -2.85. The van der Waals surface area contributed by atoms with Crippen molar-refractivity contribution in [3.8, 4) is 0 Å². The molecule has 1 saturated heterocycles. The molecule has 2 aromatic rings. The maximum absolute atomic E-state index is 13.0. The Kier molecular flexibility index (Phi) is 8.34. The van der Waals surface area contributed by atoms with Gasteiger partial charge in [-0.25, -0.2) is 0 Å². The van der Waals surface area contributed by atoms with Crippen molar-refractivity contribution in [2.45, 2.75) is 69.2 Å². The van der Waals surface area contributed by atoms with Gasteiger partial charge in [-0.05, 0) is 73.0 Å². The van der Waals surface area contributed by atoms with Crippen LogP contribution < -0.4 is 0 Å². The number of carbonyl (C=O) groups excluding carboxylic acids is 4. The average molecular weight is 618 g/mol. The predicted molar refractivity (Wildman–Crippen MR) is 137 cm³/mol. The van der Waals surface area contributed by atoms with Crippen LogP contribution in [-0.2, 0) is 30.3 Å². The van der Waals surface area contributed by atoms with E-state index in [0.717, 1.165) is 36.4 Å². The number of aliphatic hydroxyl groups excluding tert-OH is 1. The molecule has 1 fully saturated rings. The fourth-order valence-electron chi connectivity index (χ4n) is 4.82. The Bertz CT molecular complexity index is 1280. The van der Waals surface area contributed by atoms with E-state index >= 15 is 0 Å². The zero-order valence-corrected chi connectivity index (χ0v) is 23.5. The third-order valence-electron chi connectivity index (χ3n) is 6.83. The van der Waals surface area contributed by atoms with Crippen LogP contribution in [0, 0.1) is 0 Å². The molecule has 3 rings (SSSR count). The Hall–Kier alpha value is -1.83. The summed E-state index contributed by atoms with van der Waals surface area (Å²) in [6, 6.07) is 8.00. The fourth-order valence-corrected chi connectivity index (χ4v) is 6.51. The summed E-state index contributed by atoms with van der Waals surface area (Å²) in [5.74, 6) is -4.82. The quantitative estimate of drug-likeness (QED) is 0.348. The van der Waals surface area contributed by atoms with Crippen molar-refractivity contribution >= 4 is 62.0 Å². The monoisotopic (exact) mass is 616 g/mol. The summed E-state index contributed by atoms with van der Waals surface area (Å²) in [6.07, 6.45) is -5.98. The number of aliphatic hydroxyl groups is 4. The average Bonchev–Trinajstić information content (AvgIpc) is 3.22. The zero-order chi connectivity index (χ0) is 28.1. The summed E-state index contributed by atoms with van der Waals surface area (Å²) >= 11 is 11.2. The molecule has 1 aromatic heterocycles. The standard InChI is InChI=1S/C25H26BrClO9S/c1-11(28)20(32)22-24(34,13(3)30)25(35,14(4)31)23(33,12(2)29)21(36-22)15-5-7-18(27)16(9-15)10-17-6-8-19(26)37-17/h5-9,20-22,32-35H,10H2,1-4H3/t20?,21-,22+,23-,24+,25+/m0/s1. The van der Waals surface area contributed by atoms with Crippen molar-refractivity contribution < 1.29 is 44.3 Å². The van der Waals surface area contributed by atoms with E-state index in [9.17, 15) is 39.6 Å². The van der Waals surface area contributed by atoms with Gasteiger partial charge in [0.05, 0.1) is 3.79 Å². The molecular weight excluding hydrogens is 592 g/mol. The van der Waals surface area contributed by atoms with Gasteiger partial charge in [0, 0.05) is 16.3 Å². The molecule has 2 heterocycles. The molecule has 1 aromatic carbocycles. The maximum atomic E-state index is 13.0. The molecule has 0 aliphatic carbocycles. The molecule has 1 unspecified atom stereocenters. The first-order chi connectivity index (χ1) is 17.0. The third-order valence-corrected chi connectivity index (χ3v) is 8.82. The molecule has 0 radical (unpaired) electrons. The van der Waals surface area contributed by atoms with Crippen molar-refractivity contribution in [2.75, 3.05) is 0 Å². The van der Waals surface area contributed by atoms with E-state index in [1.165, 1.54) is 29.5 Å². The minimum atomic E-state index is -3.50. The van der Waals surface area contributed by atoms with Crippen molar-refractivity contribution in [2.24, 2.45) is 0 Å². The SMILES string of the molecule is CC(=O)C(O)[C@H]1O[C@@H](c2ccc(Cl)c(Cc3ccc(Br)s3)c2)[C@@](O)(C(C)=O)[C@](O)(C(C)=O)[C@@]1(O)C(C)=O. The molecule has 9 nitrogen and oxygen atoms in total. The number of carbonyl (C=O) groups is 4. The highest BCUT2D eigenvalue weighted by atomic mass is 79.9. The van der Waals surface area contributed by atoms with E-state index in [-0.39, 0.29) is 5.56 Å². The highest BCUT2D eigenvalue weighted by Gasteiger charge is 2.79. The second-order valence-corrected chi connectivity index (χ2v) is 12.1. The Morgan fingerprint density at radius 3 is 2.05 bits per heavy atom. The summed E-state index contributed by atoms with van der Waals surface area (Å²) in [5.41, 5.74) is -9.49. The number of rotatable bonds is 8. The molecule has 37 heavy (non-hydrogen) atoms. The van der Waals surface area contributed by atoms with E-state index in [1.54, 1.807) is 0 Å². The first kappa shape index (κ1) is 29.7. The van der Waals surface area contributed by atoms with Gasteiger partial charge >= 0.3 is 0 Å². The molecule has 1 aliphatic heterocycles. The highest BCUT2D eigenvalue weighted by Crippen LogP contribution is 2.53.